The maximum absolute atomic E-state index is 12.0. The first kappa shape index (κ1) is 15.7. The molecule has 0 bridgehead atoms. The van der Waals surface area contributed by atoms with Gasteiger partial charge in [0.1, 0.15) is 5.57 Å². The summed E-state index contributed by atoms with van der Waals surface area (Å²) in [5.41, 5.74) is -1.48. The van der Waals surface area contributed by atoms with Crippen LogP contribution in [0.4, 0.5) is 0 Å². The topological polar surface area (TPSA) is 88.5 Å². The van der Waals surface area contributed by atoms with E-state index < -0.39 is 29.2 Å². The van der Waals surface area contributed by atoms with Gasteiger partial charge in [-0.25, -0.2) is 9.59 Å². The van der Waals surface area contributed by atoms with Gasteiger partial charge in [-0.1, -0.05) is 0 Å². The lowest BCUT2D eigenvalue weighted by Crippen LogP contribution is -2.53. The first-order chi connectivity index (χ1) is 9.61. The lowest BCUT2D eigenvalue weighted by Gasteiger charge is -2.39. The minimum absolute atomic E-state index is 0.0782. The van der Waals surface area contributed by atoms with E-state index >= 15 is 0 Å². The van der Waals surface area contributed by atoms with E-state index in [1.54, 1.807) is 13.8 Å². The molecule has 0 aromatic heterocycles. The molecule has 0 saturated carbocycles. The van der Waals surface area contributed by atoms with E-state index in [-0.39, 0.29) is 11.3 Å². The highest BCUT2D eigenvalue weighted by molar-refractivity contribution is 6.00. The molecule has 0 aliphatic carbocycles. The van der Waals surface area contributed by atoms with E-state index in [9.17, 15) is 14.8 Å². The van der Waals surface area contributed by atoms with Gasteiger partial charge in [0.05, 0.1) is 25.3 Å². The fourth-order valence-corrected chi connectivity index (χ4v) is 2.48. The Morgan fingerprint density at radius 3 is 2.10 bits per heavy atom. The molecule has 1 atom stereocenters. The van der Waals surface area contributed by atoms with E-state index in [0.29, 0.717) is 0 Å². The van der Waals surface area contributed by atoms with Crippen LogP contribution < -0.4 is 0 Å². The van der Waals surface area contributed by atoms with Crippen LogP contribution in [-0.2, 0) is 23.9 Å². The van der Waals surface area contributed by atoms with Crippen molar-refractivity contribution in [2.75, 3.05) is 14.2 Å². The van der Waals surface area contributed by atoms with Crippen molar-refractivity contribution >= 4 is 11.9 Å². The minimum Gasteiger partial charge on any atom is -0.465 e. The van der Waals surface area contributed by atoms with Crippen molar-refractivity contribution in [3.63, 3.8) is 0 Å². The predicted octanol–water partition coefficient (Wildman–Crippen LogP) is 0.422. The average molecular weight is 300 g/mol. The highest BCUT2D eigenvalue weighted by Gasteiger charge is 2.65. The number of methoxy groups -OCH3 is 2. The average Bonchev–Trinajstić information content (AvgIpc) is 2.89. The standard InChI is InChI=1S/C13H20N2O6/c1-12(2)13(3,4)15-9(14(12)18)7(10(16)19-5)8(21-15)11(17)20-6/h9,18H,1-6H3. The summed E-state index contributed by atoms with van der Waals surface area (Å²) in [7, 11) is 2.38. The van der Waals surface area contributed by atoms with Crippen molar-refractivity contribution in [3.8, 4) is 0 Å². The third-order valence-corrected chi connectivity index (χ3v) is 4.54. The number of carbonyl (C=O) groups is 2. The quantitative estimate of drug-likeness (QED) is 0.734. The van der Waals surface area contributed by atoms with E-state index in [2.05, 4.69) is 4.74 Å². The molecule has 0 amide bonds. The number of carbonyl (C=O) groups excluding carboxylic acids is 2. The molecule has 2 aliphatic rings. The van der Waals surface area contributed by atoms with Crippen LogP contribution in [0.1, 0.15) is 27.7 Å². The molecular weight excluding hydrogens is 280 g/mol. The Kier molecular flexibility index (Phi) is 3.51. The van der Waals surface area contributed by atoms with Gasteiger partial charge in [0.2, 0.25) is 5.76 Å². The number of ether oxygens (including phenoxy) is 2. The van der Waals surface area contributed by atoms with Gasteiger partial charge in [0.25, 0.3) is 0 Å². The first-order valence-electron chi connectivity index (χ1n) is 6.47. The van der Waals surface area contributed by atoms with Crippen molar-refractivity contribution in [1.29, 1.82) is 0 Å². The van der Waals surface area contributed by atoms with Crippen molar-refractivity contribution in [3.05, 3.63) is 11.3 Å². The summed E-state index contributed by atoms with van der Waals surface area (Å²) < 4.78 is 9.33. The summed E-state index contributed by atoms with van der Waals surface area (Å²) in [4.78, 5) is 29.4. The number of hydroxylamine groups is 4. The second-order valence-corrected chi connectivity index (χ2v) is 5.98. The number of nitrogens with zero attached hydrogens (tertiary/aromatic N) is 2. The van der Waals surface area contributed by atoms with Crippen LogP contribution in [0.15, 0.2) is 11.3 Å². The smallest absolute Gasteiger partial charge is 0.376 e. The normalized spacial score (nSPS) is 27.3. The minimum atomic E-state index is -0.934. The number of fused-ring (bicyclic) bond motifs is 1. The lowest BCUT2D eigenvalue weighted by molar-refractivity contribution is -0.201. The van der Waals surface area contributed by atoms with Crippen molar-refractivity contribution in [1.82, 2.24) is 10.1 Å². The van der Waals surface area contributed by atoms with Crippen LogP contribution in [0, 0.1) is 0 Å². The Balaban J connectivity index is 2.57. The Hall–Kier alpha value is -1.64. The Morgan fingerprint density at radius 1 is 1.10 bits per heavy atom. The highest BCUT2D eigenvalue weighted by atomic mass is 16.7. The molecule has 2 heterocycles. The third-order valence-electron chi connectivity index (χ3n) is 4.54. The lowest BCUT2D eigenvalue weighted by atomic mass is 9.84. The Morgan fingerprint density at radius 2 is 1.62 bits per heavy atom. The third kappa shape index (κ3) is 1.86. The second-order valence-electron chi connectivity index (χ2n) is 5.98. The maximum Gasteiger partial charge on any atom is 0.376 e. The number of hydrogen-bond donors (Lipinski definition) is 1. The molecule has 1 saturated heterocycles. The van der Waals surface area contributed by atoms with Gasteiger partial charge in [-0.05, 0) is 27.7 Å². The zero-order valence-electron chi connectivity index (χ0n) is 13.0. The molecule has 1 unspecified atom stereocenters. The zero-order chi connectivity index (χ0) is 16.2. The molecule has 0 aromatic rings. The summed E-state index contributed by atoms with van der Waals surface area (Å²) in [5.74, 6) is -1.82. The van der Waals surface area contributed by atoms with Gasteiger partial charge in [-0.15, -0.1) is 5.06 Å². The SMILES string of the molecule is COC(=O)C1=C(C(=O)OC)C2N(O)C(C)(C)C(C)(C)N2O1. The first-order valence-corrected chi connectivity index (χ1v) is 6.47. The molecule has 2 aliphatic heterocycles. The summed E-state index contributed by atoms with van der Waals surface area (Å²) >= 11 is 0. The number of rotatable bonds is 2. The predicted molar refractivity (Wildman–Crippen MR) is 69.6 cm³/mol. The van der Waals surface area contributed by atoms with E-state index in [0.717, 1.165) is 5.06 Å². The molecule has 8 nitrogen and oxygen atoms in total. The van der Waals surface area contributed by atoms with Crippen molar-refractivity contribution in [2.24, 2.45) is 0 Å². The summed E-state index contributed by atoms with van der Waals surface area (Å²) in [6.45, 7) is 7.29. The van der Waals surface area contributed by atoms with Crippen molar-refractivity contribution in [2.45, 2.75) is 44.9 Å². The molecule has 8 heteroatoms. The van der Waals surface area contributed by atoms with Gasteiger partial charge in [0, 0.05) is 0 Å². The molecule has 1 fully saturated rings. The van der Waals surface area contributed by atoms with Gasteiger partial charge < -0.3 is 19.5 Å². The summed E-state index contributed by atoms with van der Waals surface area (Å²) in [6, 6.07) is 0. The fourth-order valence-electron chi connectivity index (χ4n) is 2.48. The van der Waals surface area contributed by atoms with Gasteiger partial charge in [-0.2, -0.15) is 5.06 Å². The van der Waals surface area contributed by atoms with E-state index in [1.807, 2.05) is 13.8 Å². The molecule has 0 spiro atoms. The number of esters is 2. The Bertz CT molecular complexity index is 525. The number of hydrogen-bond acceptors (Lipinski definition) is 8. The zero-order valence-corrected chi connectivity index (χ0v) is 13.0. The second kappa shape index (κ2) is 4.69. The maximum atomic E-state index is 12.0. The van der Waals surface area contributed by atoms with Crippen LogP contribution >= 0.6 is 0 Å². The molecule has 21 heavy (non-hydrogen) atoms. The summed E-state index contributed by atoms with van der Waals surface area (Å²) in [6.07, 6.45) is -0.934. The van der Waals surface area contributed by atoms with Gasteiger partial charge >= 0.3 is 11.9 Å². The van der Waals surface area contributed by atoms with Crippen LogP contribution in [0.2, 0.25) is 0 Å². The van der Waals surface area contributed by atoms with E-state index in [1.165, 1.54) is 19.3 Å². The molecule has 0 radical (unpaired) electrons. The molecular formula is C13H20N2O6. The van der Waals surface area contributed by atoms with Crippen LogP contribution in [0.3, 0.4) is 0 Å². The molecule has 2 rings (SSSR count). The largest absolute Gasteiger partial charge is 0.465 e. The molecule has 0 aromatic carbocycles. The molecule has 1 N–H and O–H groups in total. The molecule has 118 valence electrons. The van der Waals surface area contributed by atoms with Crippen molar-refractivity contribution < 1.29 is 29.1 Å². The monoisotopic (exact) mass is 300 g/mol. The Labute approximate surface area is 122 Å². The summed E-state index contributed by atoms with van der Waals surface area (Å²) in [5, 5.41) is 12.9. The van der Waals surface area contributed by atoms with E-state index in [4.69, 9.17) is 9.57 Å². The van der Waals surface area contributed by atoms with Crippen LogP contribution in [0.25, 0.3) is 0 Å². The van der Waals surface area contributed by atoms with Gasteiger partial charge in [0.15, 0.2) is 6.17 Å². The van der Waals surface area contributed by atoms with Gasteiger partial charge in [-0.3, -0.25) is 0 Å². The fraction of sp³-hybridized carbons (Fsp3) is 0.692. The van der Waals surface area contributed by atoms with Crippen LogP contribution in [-0.4, -0.2) is 58.7 Å². The highest BCUT2D eigenvalue weighted by Crippen LogP contribution is 2.49. The van der Waals surface area contributed by atoms with Crippen LogP contribution in [0.5, 0.6) is 0 Å².